The SMILES string of the molecule is CC1([C@H](CS(=O)C(C)(C)C)OCc2ccccc2)C=CCC=C1. The second kappa shape index (κ2) is 7.59. The zero-order chi connectivity index (χ0) is 16.9. The Balaban J connectivity index is 2.14. The van der Waals surface area contributed by atoms with Crippen molar-refractivity contribution in [2.24, 2.45) is 5.41 Å². The van der Waals surface area contributed by atoms with Crippen LogP contribution in [0.25, 0.3) is 0 Å². The number of hydrogen-bond donors (Lipinski definition) is 0. The summed E-state index contributed by atoms with van der Waals surface area (Å²) in [5.74, 6) is 0.543. The molecule has 0 saturated heterocycles. The topological polar surface area (TPSA) is 26.3 Å². The van der Waals surface area contributed by atoms with Gasteiger partial charge in [0.1, 0.15) is 0 Å². The third-order valence-electron chi connectivity index (χ3n) is 4.20. The van der Waals surface area contributed by atoms with Crippen molar-refractivity contribution < 1.29 is 8.95 Å². The predicted molar refractivity (Wildman–Crippen MR) is 98.8 cm³/mol. The Labute approximate surface area is 143 Å². The van der Waals surface area contributed by atoms with Gasteiger partial charge in [-0.25, -0.2) is 0 Å². The summed E-state index contributed by atoms with van der Waals surface area (Å²) >= 11 is 0. The van der Waals surface area contributed by atoms with Gasteiger partial charge in [-0.05, 0) is 32.8 Å². The zero-order valence-corrected chi connectivity index (χ0v) is 15.4. The van der Waals surface area contributed by atoms with Crippen LogP contribution in [-0.4, -0.2) is 20.8 Å². The largest absolute Gasteiger partial charge is 0.371 e. The van der Waals surface area contributed by atoms with Gasteiger partial charge < -0.3 is 4.74 Å². The second-order valence-electron chi connectivity index (χ2n) is 7.32. The minimum absolute atomic E-state index is 0.101. The maximum Gasteiger partial charge on any atom is 0.0817 e. The molecule has 2 nitrogen and oxygen atoms in total. The molecule has 0 spiro atoms. The van der Waals surface area contributed by atoms with Crippen molar-refractivity contribution in [1.82, 2.24) is 0 Å². The summed E-state index contributed by atoms with van der Waals surface area (Å²) < 4.78 is 18.7. The average Bonchev–Trinajstić information content (AvgIpc) is 2.51. The summed E-state index contributed by atoms with van der Waals surface area (Å²) in [4.78, 5) is 0. The first-order valence-electron chi connectivity index (χ1n) is 8.21. The standard InChI is InChI=1S/C20H28O2S/c1-19(2,3)23(21)16-18(20(4)13-9-6-10-14-20)22-15-17-11-7-5-8-12-17/h5,7-14,18H,6,15-16H2,1-4H3/t18-,23?/m0/s1. The van der Waals surface area contributed by atoms with Crippen LogP contribution in [-0.2, 0) is 22.1 Å². The van der Waals surface area contributed by atoms with Crippen LogP contribution < -0.4 is 0 Å². The molecule has 0 saturated carbocycles. The third-order valence-corrected chi connectivity index (χ3v) is 6.17. The van der Waals surface area contributed by atoms with E-state index in [0.717, 1.165) is 12.0 Å². The number of hydrogen-bond acceptors (Lipinski definition) is 2. The van der Waals surface area contributed by atoms with Gasteiger partial charge in [-0.15, -0.1) is 0 Å². The smallest absolute Gasteiger partial charge is 0.0817 e. The maximum atomic E-state index is 12.7. The summed E-state index contributed by atoms with van der Waals surface area (Å²) in [5, 5.41) is 0. The minimum atomic E-state index is -0.946. The Morgan fingerprint density at radius 1 is 1.17 bits per heavy atom. The highest BCUT2D eigenvalue weighted by atomic mass is 32.2. The molecule has 126 valence electrons. The molecule has 3 heteroatoms. The molecular formula is C20H28O2S. The fourth-order valence-electron chi connectivity index (χ4n) is 2.56. The molecule has 0 aromatic heterocycles. The van der Waals surface area contributed by atoms with Crippen LogP contribution in [0.2, 0.25) is 0 Å². The minimum Gasteiger partial charge on any atom is -0.371 e. The first kappa shape index (κ1) is 18.2. The Kier molecular flexibility index (Phi) is 5.99. The second-order valence-corrected chi connectivity index (χ2v) is 9.57. The lowest BCUT2D eigenvalue weighted by atomic mass is 9.81. The van der Waals surface area contributed by atoms with E-state index in [0.29, 0.717) is 12.4 Å². The zero-order valence-electron chi connectivity index (χ0n) is 14.6. The maximum absolute atomic E-state index is 12.7. The molecule has 2 rings (SSSR count). The van der Waals surface area contributed by atoms with Gasteiger partial charge in [-0.1, -0.05) is 61.6 Å². The van der Waals surface area contributed by atoms with E-state index in [1.807, 2.05) is 39.0 Å². The van der Waals surface area contributed by atoms with Gasteiger partial charge in [0.25, 0.3) is 0 Å². The average molecular weight is 333 g/mol. The van der Waals surface area contributed by atoms with E-state index < -0.39 is 10.8 Å². The Hall–Kier alpha value is -1.19. The molecule has 0 N–H and O–H groups in total. The van der Waals surface area contributed by atoms with Gasteiger partial charge in [0.2, 0.25) is 0 Å². The van der Waals surface area contributed by atoms with Crippen molar-refractivity contribution in [2.45, 2.75) is 51.6 Å². The van der Waals surface area contributed by atoms with Crippen molar-refractivity contribution in [3.05, 3.63) is 60.2 Å². The van der Waals surface area contributed by atoms with E-state index >= 15 is 0 Å². The summed E-state index contributed by atoms with van der Waals surface area (Å²) in [6.45, 7) is 8.77. The summed E-state index contributed by atoms with van der Waals surface area (Å²) in [6.07, 6.45) is 9.59. The van der Waals surface area contributed by atoms with Crippen LogP contribution in [0.3, 0.4) is 0 Å². The van der Waals surface area contributed by atoms with E-state index in [1.54, 1.807) is 0 Å². The highest BCUT2D eigenvalue weighted by Crippen LogP contribution is 2.33. The molecule has 1 aliphatic rings. The first-order valence-corrected chi connectivity index (χ1v) is 9.52. The Bertz CT molecular complexity index is 569. The van der Waals surface area contributed by atoms with Crippen LogP contribution in [0, 0.1) is 5.41 Å². The monoisotopic (exact) mass is 332 g/mol. The molecule has 0 amide bonds. The highest BCUT2D eigenvalue weighted by molar-refractivity contribution is 7.86. The molecule has 1 aliphatic carbocycles. The molecule has 0 radical (unpaired) electrons. The number of rotatable bonds is 6. The number of ether oxygens (including phenoxy) is 1. The van der Waals surface area contributed by atoms with Gasteiger partial charge >= 0.3 is 0 Å². The molecule has 0 aliphatic heterocycles. The highest BCUT2D eigenvalue weighted by Gasteiger charge is 2.35. The van der Waals surface area contributed by atoms with E-state index in [1.165, 1.54) is 0 Å². The van der Waals surface area contributed by atoms with E-state index in [4.69, 9.17) is 4.74 Å². The van der Waals surface area contributed by atoms with Crippen LogP contribution in [0.15, 0.2) is 54.6 Å². The summed E-state index contributed by atoms with van der Waals surface area (Å²) in [7, 11) is -0.946. The fraction of sp³-hybridized carbons (Fsp3) is 0.500. The summed E-state index contributed by atoms with van der Waals surface area (Å²) in [5.41, 5.74) is 0.944. The van der Waals surface area contributed by atoms with Crippen LogP contribution in [0.1, 0.15) is 39.7 Å². The Morgan fingerprint density at radius 2 is 1.78 bits per heavy atom. The molecule has 0 fully saturated rings. The molecule has 1 unspecified atom stereocenters. The van der Waals surface area contributed by atoms with Crippen molar-refractivity contribution in [3.8, 4) is 0 Å². The third kappa shape index (κ3) is 5.15. The van der Waals surface area contributed by atoms with E-state index in [-0.39, 0.29) is 16.3 Å². The molecule has 2 atom stereocenters. The molecule has 1 aromatic rings. The van der Waals surface area contributed by atoms with Crippen molar-refractivity contribution >= 4 is 10.8 Å². The van der Waals surface area contributed by atoms with E-state index in [9.17, 15) is 4.21 Å². The van der Waals surface area contributed by atoms with Gasteiger partial charge in [-0.3, -0.25) is 4.21 Å². The lowest BCUT2D eigenvalue weighted by Crippen LogP contribution is -2.40. The number of allylic oxidation sites excluding steroid dienone is 2. The summed E-state index contributed by atoms with van der Waals surface area (Å²) in [6, 6.07) is 10.2. The van der Waals surface area contributed by atoms with Crippen molar-refractivity contribution in [2.75, 3.05) is 5.75 Å². The first-order chi connectivity index (χ1) is 10.8. The lowest BCUT2D eigenvalue weighted by molar-refractivity contribution is 0.00896. The molecule has 23 heavy (non-hydrogen) atoms. The van der Waals surface area contributed by atoms with Crippen LogP contribution in [0.4, 0.5) is 0 Å². The quantitative estimate of drug-likeness (QED) is 0.709. The van der Waals surface area contributed by atoms with Gasteiger partial charge in [0.15, 0.2) is 0 Å². The molecule has 0 bridgehead atoms. The Morgan fingerprint density at radius 3 is 2.35 bits per heavy atom. The van der Waals surface area contributed by atoms with Gasteiger partial charge in [0.05, 0.1) is 18.5 Å². The van der Waals surface area contributed by atoms with Crippen LogP contribution in [0.5, 0.6) is 0 Å². The van der Waals surface area contributed by atoms with Gasteiger partial charge in [-0.2, -0.15) is 0 Å². The lowest BCUT2D eigenvalue weighted by Gasteiger charge is -2.35. The van der Waals surface area contributed by atoms with Crippen molar-refractivity contribution in [1.29, 1.82) is 0 Å². The van der Waals surface area contributed by atoms with E-state index in [2.05, 4.69) is 43.4 Å². The van der Waals surface area contributed by atoms with Crippen molar-refractivity contribution in [3.63, 3.8) is 0 Å². The normalized spacial score (nSPS) is 19.5. The molecular weight excluding hydrogens is 304 g/mol. The number of benzene rings is 1. The van der Waals surface area contributed by atoms with Crippen LogP contribution >= 0.6 is 0 Å². The fourth-order valence-corrected chi connectivity index (χ4v) is 3.79. The predicted octanol–water partition coefficient (Wildman–Crippen LogP) is 4.64. The van der Waals surface area contributed by atoms with Gasteiger partial charge in [0, 0.05) is 21.0 Å². The molecule has 1 aromatic carbocycles. The molecule has 0 heterocycles.